The molecule has 1 amide bonds. The molecule has 0 bridgehead atoms. The first-order valence-corrected chi connectivity index (χ1v) is 4.69. The van der Waals surface area contributed by atoms with E-state index in [2.05, 4.69) is 4.74 Å². The van der Waals surface area contributed by atoms with Crippen LogP contribution in [-0.2, 0) is 9.53 Å². The molecular weight excluding hydrogens is 210 g/mol. The second-order valence-electron chi connectivity index (χ2n) is 3.14. The lowest BCUT2D eigenvalue weighted by Crippen LogP contribution is -2.26. The number of hydrogen-bond acceptors (Lipinski definition) is 4. The average molecular weight is 223 g/mol. The number of carbonyl (C=O) groups excluding carboxylic acids is 2. The summed E-state index contributed by atoms with van der Waals surface area (Å²) in [4.78, 5) is 22.2. The van der Waals surface area contributed by atoms with E-state index in [-0.39, 0.29) is 11.3 Å². The molecule has 1 rings (SSSR count). The fourth-order valence-corrected chi connectivity index (χ4v) is 1.18. The maximum absolute atomic E-state index is 11.1. The lowest BCUT2D eigenvalue weighted by atomic mass is 10.2. The Labute approximate surface area is 93.1 Å². The van der Waals surface area contributed by atoms with Gasteiger partial charge < -0.3 is 15.2 Å². The molecule has 0 spiro atoms. The molecule has 16 heavy (non-hydrogen) atoms. The van der Waals surface area contributed by atoms with Crippen molar-refractivity contribution < 1.29 is 19.1 Å². The van der Waals surface area contributed by atoms with Crippen molar-refractivity contribution in [2.45, 2.75) is 13.0 Å². The number of benzene rings is 1. The van der Waals surface area contributed by atoms with Crippen LogP contribution in [0.3, 0.4) is 0 Å². The zero-order valence-corrected chi connectivity index (χ0v) is 9.10. The predicted molar refractivity (Wildman–Crippen MR) is 57.1 cm³/mol. The van der Waals surface area contributed by atoms with Crippen molar-refractivity contribution in [3.8, 4) is 5.75 Å². The van der Waals surface area contributed by atoms with E-state index in [1.165, 1.54) is 20.1 Å². The second kappa shape index (κ2) is 5.16. The molecule has 5 nitrogen and oxygen atoms in total. The molecule has 5 heteroatoms. The summed E-state index contributed by atoms with van der Waals surface area (Å²) in [7, 11) is 1.27. The van der Waals surface area contributed by atoms with Gasteiger partial charge in [0.2, 0.25) is 0 Å². The van der Waals surface area contributed by atoms with Crippen LogP contribution in [0.15, 0.2) is 24.3 Å². The highest BCUT2D eigenvalue weighted by atomic mass is 16.6. The minimum Gasteiger partial charge on any atom is -0.478 e. The third-order valence-corrected chi connectivity index (χ3v) is 1.99. The van der Waals surface area contributed by atoms with Gasteiger partial charge in [-0.3, -0.25) is 4.79 Å². The van der Waals surface area contributed by atoms with E-state index in [1.807, 2.05) is 0 Å². The highest BCUT2D eigenvalue weighted by molar-refractivity contribution is 5.95. The quantitative estimate of drug-likeness (QED) is 0.763. The van der Waals surface area contributed by atoms with Crippen LogP contribution < -0.4 is 10.5 Å². The molecule has 1 aromatic rings. The maximum Gasteiger partial charge on any atom is 0.346 e. The largest absolute Gasteiger partial charge is 0.478 e. The zero-order chi connectivity index (χ0) is 12.1. The molecule has 0 fully saturated rings. The molecule has 0 aliphatic rings. The van der Waals surface area contributed by atoms with E-state index in [0.717, 1.165) is 0 Å². The van der Waals surface area contributed by atoms with Gasteiger partial charge in [-0.15, -0.1) is 0 Å². The summed E-state index contributed by atoms with van der Waals surface area (Å²) in [5.74, 6) is -0.847. The summed E-state index contributed by atoms with van der Waals surface area (Å²) in [6, 6.07) is 6.45. The van der Waals surface area contributed by atoms with Gasteiger partial charge in [-0.1, -0.05) is 12.1 Å². The fraction of sp³-hybridized carbons (Fsp3) is 0.273. The van der Waals surface area contributed by atoms with E-state index < -0.39 is 18.0 Å². The standard InChI is InChI=1S/C11H13NO4/c1-7(11(14)15-2)16-9-6-4-3-5-8(9)10(12)13/h3-7H,1-2H3,(H2,12,13)/t7-/m1/s1. The monoisotopic (exact) mass is 223 g/mol. The second-order valence-corrected chi connectivity index (χ2v) is 3.14. The fourth-order valence-electron chi connectivity index (χ4n) is 1.18. The Bertz CT molecular complexity index is 403. The summed E-state index contributed by atoms with van der Waals surface area (Å²) in [5.41, 5.74) is 5.40. The van der Waals surface area contributed by atoms with Crippen LogP contribution in [0.1, 0.15) is 17.3 Å². The number of para-hydroxylation sites is 1. The molecule has 1 atom stereocenters. The van der Waals surface area contributed by atoms with Gasteiger partial charge >= 0.3 is 5.97 Å². The molecule has 0 saturated heterocycles. The maximum atomic E-state index is 11.1. The van der Waals surface area contributed by atoms with E-state index >= 15 is 0 Å². The Kier molecular flexibility index (Phi) is 3.88. The van der Waals surface area contributed by atoms with Crippen LogP contribution in [0.25, 0.3) is 0 Å². The van der Waals surface area contributed by atoms with Gasteiger partial charge in [0.1, 0.15) is 5.75 Å². The van der Waals surface area contributed by atoms with Crippen LogP contribution in [0.4, 0.5) is 0 Å². The average Bonchev–Trinajstić information content (AvgIpc) is 2.28. The van der Waals surface area contributed by atoms with Crippen molar-refractivity contribution in [3.05, 3.63) is 29.8 Å². The number of primary amides is 1. The van der Waals surface area contributed by atoms with Crippen molar-refractivity contribution in [1.82, 2.24) is 0 Å². The highest BCUT2D eigenvalue weighted by Crippen LogP contribution is 2.18. The molecule has 0 aliphatic carbocycles. The number of hydrogen-bond donors (Lipinski definition) is 1. The van der Waals surface area contributed by atoms with Crippen molar-refractivity contribution in [2.24, 2.45) is 5.73 Å². The molecule has 0 aliphatic heterocycles. The van der Waals surface area contributed by atoms with Crippen molar-refractivity contribution in [3.63, 3.8) is 0 Å². The zero-order valence-electron chi connectivity index (χ0n) is 9.10. The SMILES string of the molecule is COC(=O)[C@@H](C)Oc1ccccc1C(N)=O. The topological polar surface area (TPSA) is 78.6 Å². The van der Waals surface area contributed by atoms with E-state index in [9.17, 15) is 9.59 Å². The summed E-state index contributed by atoms with van der Waals surface area (Å²) in [5, 5.41) is 0. The third kappa shape index (κ3) is 2.73. The minimum absolute atomic E-state index is 0.234. The summed E-state index contributed by atoms with van der Waals surface area (Å²) >= 11 is 0. The lowest BCUT2D eigenvalue weighted by molar-refractivity contribution is -0.147. The lowest BCUT2D eigenvalue weighted by Gasteiger charge is -2.14. The smallest absolute Gasteiger partial charge is 0.346 e. The van der Waals surface area contributed by atoms with Crippen LogP contribution in [0.5, 0.6) is 5.75 Å². The van der Waals surface area contributed by atoms with Gasteiger partial charge in [0, 0.05) is 0 Å². The predicted octanol–water partition coefficient (Wildman–Crippen LogP) is 0.726. The minimum atomic E-state index is -0.787. The molecule has 0 aromatic heterocycles. The Morgan fingerprint density at radius 1 is 1.31 bits per heavy atom. The molecule has 0 saturated carbocycles. The van der Waals surface area contributed by atoms with Crippen LogP contribution in [0, 0.1) is 0 Å². The Hall–Kier alpha value is -2.04. The molecule has 1 aromatic carbocycles. The first-order chi connectivity index (χ1) is 7.56. The normalized spacial score (nSPS) is 11.6. The first kappa shape index (κ1) is 12.0. The van der Waals surface area contributed by atoms with Gasteiger partial charge in [0.05, 0.1) is 12.7 Å². The number of carbonyl (C=O) groups is 2. The van der Waals surface area contributed by atoms with Gasteiger partial charge in [-0.05, 0) is 19.1 Å². The molecule has 0 heterocycles. The number of ether oxygens (including phenoxy) is 2. The van der Waals surface area contributed by atoms with Gasteiger partial charge in [0.15, 0.2) is 6.10 Å². The third-order valence-electron chi connectivity index (χ3n) is 1.99. The van der Waals surface area contributed by atoms with Crippen LogP contribution >= 0.6 is 0 Å². The highest BCUT2D eigenvalue weighted by Gasteiger charge is 2.17. The molecule has 0 unspecified atom stereocenters. The Morgan fingerprint density at radius 3 is 2.50 bits per heavy atom. The Morgan fingerprint density at radius 2 is 1.94 bits per heavy atom. The van der Waals surface area contributed by atoms with Crippen LogP contribution in [0.2, 0.25) is 0 Å². The van der Waals surface area contributed by atoms with E-state index in [0.29, 0.717) is 0 Å². The van der Waals surface area contributed by atoms with Crippen LogP contribution in [-0.4, -0.2) is 25.1 Å². The van der Waals surface area contributed by atoms with E-state index in [4.69, 9.17) is 10.5 Å². The van der Waals surface area contributed by atoms with Gasteiger partial charge in [0.25, 0.3) is 5.91 Å². The number of rotatable bonds is 4. The van der Waals surface area contributed by atoms with E-state index in [1.54, 1.807) is 18.2 Å². The summed E-state index contributed by atoms with van der Waals surface area (Å²) < 4.78 is 9.79. The van der Waals surface area contributed by atoms with Crippen molar-refractivity contribution in [1.29, 1.82) is 0 Å². The molecule has 2 N–H and O–H groups in total. The first-order valence-electron chi connectivity index (χ1n) is 4.69. The Balaban J connectivity index is 2.88. The van der Waals surface area contributed by atoms with Crippen molar-refractivity contribution >= 4 is 11.9 Å². The molecular formula is C11H13NO4. The molecule has 86 valence electrons. The number of nitrogens with two attached hydrogens (primary N) is 1. The van der Waals surface area contributed by atoms with Gasteiger partial charge in [-0.25, -0.2) is 4.79 Å². The van der Waals surface area contributed by atoms with Crippen molar-refractivity contribution in [2.75, 3.05) is 7.11 Å². The number of methoxy groups -OCH3 is 1. The summed E-state index contributed by atoms with van der Waals surface area (Å²) in [6.07, 6.45) is -0.787. The number of amides is 1. The van der Waals surface area contributed by atoms with Gasteiger partial charge in [-0.2, -0.15) is 0 Å². The number of esters is 1. The molecule has 0 radical (unpaired) electrons. The summed E-state index contributed by atoms with van der Waals surface area (Å²) in [6.45, 7) is 1.53.